The molecule has 0 spiro atoms. The lowest BCUT2D eigenvalue weighted by Gasteiger charge is -2.13. The maximum atomic E-state index is 12.7. The number of para-hydroxylation sites is 1. The largest absolute Gasteiger partial charge is 0.457 e. The van der Waals surface area contributed by atoms with E-state index >= 15 is 0 Å². The molecule has 0 bridgehead atoms. The molecule has 11 nitrogen and oxygen atoms in total. The van der Waals surface area contributed by atoms with Gasteiger partial charge in [-0.05, 0) is 25.1 Å². The number of urea groups is 1. The molecule has 37 heavy (non-hydrogen) atoms. The maximum absolute atomic E-state index is 12.7. The molecule has 4 N–H and O–H groups in total. The third-order valence-electron chi connectivity index (χ3n) is 5.46. The van der Waals surface area contributed by atoms with Crippen LogP contribution in [-0.4, -0.2) is 36.8 Å². The first-order valence-electron chi connectivity index (χ1n) is 11.3. The van der Waals surface area contributed by atoms with Crippen LogP contribution >= 0.6 is 0 Å². The number of hydrogen-bond donors (Lipinski definition) is 3. The number of nitrogens with two attached hydrogens (primary N) is 1. The number of amides is 2. The van der Waals surface area contributed by atoms with Crippen LogP contribution in [0.25, 0.3) is 16.9 Å². The summed E-state index contributed by atoms with van der Waals surface area (Å²) in [5, 5.41) is 17.9. The Balaban J connectivity index is 1.23. The molecule has 0 unspecified atom stereocenters. The summed E-state index contributed by atoms with van der Waals surface area (Å²) in [6.07, 6.45) is 1.36. The zero-order valence-corrected chi connectivity index (χ0v) is 19.8. The minimum absolute atomic E-state index is 0.0938. The summed E-state index contributed by atoms with van der Waals surface area (Å²) in [7, 11) is 0. The van der Waals surface area contributed by atoms with Gasteiger partial charge in [0.25, 0.3) is 0 Å². The molecule has 0 fully saturated rings. The molecule has 0 aliphatic heterocycles. The van der Waals surface area contributed by atoms with Crippen LogP contribution in [0.2, 0.25) is 0 Å². The summed E-state index contributed by atoms with van der Waals surface area (Å²) >= 11 is 0. The van der Waals surface area contributed by atoms with Gasteiger partial charge >= 0.3 is 12.0 Å². The quantitative estimate of drug-likeness (QED) is 0.299. The molecule has 0 saturated carbocycles. The Kier molecular flexibility index (Phi) is 6.41. The number of carbonyl (C=O) groups excluding carboxylic acids is 2. The van der Waals surface area contributed by atoms with Gasteiger partial charge in [-0.1, -0.05) is 48.5 Å². The number of nitrogen functional groups attached to an aromatic ring is 1. The number of ether oxygens (including phenoxy) is 1. The van der Waals surface area contributed by atoms with Crippen molar-refractivity contribution in [2.75, 3.05) is 16.4 Å². The summed E-state index contributed by atoms with van der Waals surface area (Å²) < 4.78 is 6.84. The SMILES string of the molecule is Cc1cc2ncc(C(=O)OCc3ccccc3NC(=O)Nc3ccc(-c4ccccc4)nn3)c(N)n2n1. The van der Waals surface area contributed by atoms with Crippen LogP contribution < -0.4 is 16.4 Å². The Bertz CT molecular complexity index is 1580. The van der Waals surface area contributed by atoms with E-state index in [1.165, 1.54) is 10.7 Å². The van der Waals surface area contributed by atoms with Crippen molar-refractivity contribution in [1.82, 2.24) is 24.8 Å². The normalized spacial score (nSPS) is 10.7. The average Bonchev–Trinajstić information content (AvgIpc) is 3.30. The molecule has 184 valence electrons. The predicted octanol–water partition coefficient (Wildman–Crippen LogP) is 4.08. The van der Waals surface area contributed by atoms with Crippen molar-refractivity contribution in [3.05, 3.63) is 95.8 Å². The van der Waals surface area contributed by atoms with E-state index in [0.29, 0.717) is 22.6 Å². The van der Waals surface area contributed by atoms with E-state index < -0.39 is 12.0 Å². The van der Waals surface area contributed by atoms with E-state index in [0.717, 1.165) is 11.3 Å². The van der Waals surface area contributed by atoms with Gasteiger partial charge in [-0.25, -0.2) is 14.6 Å². The Hall–Kier alpha value is -5.32. The highest BCUT2D eigenvalue weighted by molar-refractivity contribution is 5.99. The third-order valence-corrected chi connectivity index (χ3v) is 5.46. The number of benzene rings is 2. The molecular formula is C26H22N8O3. The van der Waals surface area contributed by atoms with E-state index in [4.69, 9.17) is 10.5 Å². The van der Waals surface area contributed by atoms with Crippen molar-refractivity contribution in [3.63, 3.8) is 0 Å². The number of hydrogen-bond acceptors (Lipinski definition) is 8. The Morgan fingerprint density at radius 3 is 2.54 bits per heavy atom. The summed E-state index contributed by atoms with van der Waals surface area (Å²) in [6, 6.07) is 21.2. The van der Waals surface area contributed by atoms with Crippen LogP contribution in [0.15, 0.2) is 79.0 Å². The van der Waals surface area contributed by atoms with Gasteiger partial charge in [0.15, 0.2) is 11.5 Å². The Morgan fingerprint density at radius 1 is 0.973 bits per heavy atom. The summed E-state index contributed by atoms with van der Waals surface area (Å²) in [4.78, 5) is 29.5. The number of fused-ring (bicyclic) bond motifs is 1. The predicted molar refractivity (Wildman–Crippen MR) is 138 cm³/mol. The second-order valence-corrected chi connectivity index (χ2v) is 8.10. The number of aryl methyl sites for hydroxylation is 1. The molecular weight excluding hydrogens is 472 g/mol. The summed E-state index contributed by atoms with van der Waals surface area (Å²) in [5.41, 5.74) is 10.1. The van der Waals surface area contributed by atoms with Gasteiger partial charge in [0.1, 0.15) is 18.0 Å². The van der Waals surface area contributed by atoms with Crippen molar-refractivity contribution < 1.29 is 14.3 Å². The van der Waals surface area contributed by atoms with Crippen molar-refractivity contribution >= 4 is 35.0 Å². The van der Waals surface area contributed by atoms with E-state index in [-0.39, 0.29) is 23.8 Å². The maximum Gasteiger partial charge on any atom is 0.343 e. The van der Waals surface area contributed by atoms with Gasteiger partial charge in [-0.15, -0.1) is 10.2 Å². The highest BCUT2D eigenvalue weighted by Gasteiger charge is 2.17. The smallest absolute Gasteiger partial charge is 0.343 e. The first-order chi connectivity index (χ1) is 18.0. The van der Waals surface area contributed by atoms with Crippen LogP contribution in [0.3, 0.4) is 0 Å². The zero-order chi connectivity index (χ0) is 25.8. The topological polar surface area (TPSA) is 149 Å². The Morgan fingerprint density at radius 2 is 1.76 bits per heavy atom. The lowest BCUT2D eigenvalue weighted by Crippen LogP contribution is -2.21. The van der Waals surface area contributed by atoms with Crippen molar-refractivity contribution in [2.24, 2.45) is 0 Å². The molecule has 0 aliphatic rings. The van der Waals surface area contributed by atoms with E-state index in [1.54, 1.807) is 49.4 Å². The van der Waals surface area contributed by atoms with Gasteiger partial charge < -0.3 is 15.8 Å². The summed E-state index contributed by atoms with van der Waals surface area (Å²) in [6.45, 7) is 1.70. The van der Waals surface area contributed by atoms with E-state index in [9.17, 15) is 9.59 Å². The lowest BCUT2D eigenvalue weighted by atomic mass is 10.1. The molecule has 3 aromatic heterocycles. The van der Waals surface area contributed by atoms with Gasteiger partial charge in [0.05, 0.1) is 11.4 Å². The molecule has 5 aromatic rings. The number of rotatable bonds is 6. The number of carbonyl (C=O) groups is 2. The van der Waals surface area contributed by atoms with Gasteiger partial charge in [-0.3, -0.25) is 5.32 Å². The highest BCUT2D eigenvalue weighted by atomic mass is 16.5. The van der Waals surface area contributed by atoms with E-state index in [1.807, 2.05) is 30.3 Å². The van der Waals surface area contributed by atoms with Crippen molar-refractivity contribution in [2.45, 2.75) is 13.5 Å². The standard InChI is InChI=1S/C26H22N8O3/c1-16-13-23-28-14-19(24(27)34(23)33-16)25(35)37-15-18-9-5-6-10-20(18)29-26(36)30-22-12-11-21(31-32-22)17-7-3-2-4-8-17/h2-14H,15,27H2,1H3,(H2,29,30,32,36). The minimum Gasteiger partial charge on any atom is -0.457 e. The molecule has 0 radical (unpaired) electrons. The zero-order valence-electron chi connectivity index (χ0n) is 19.8. The fraction of sp³-hybridized carbons (Fsp3) is 0.0769. The second kappa shape index (κ2) is 10.1. The number of esters is 1. The third kappa shape index (κ3) is 5.20. The monoisotopic (exact) mass is 494 g/mol. The van der Waals surface area contributed by atoms with Crippen molar-refractivity contribution in [3.8, 4) is 11.3 Å². The number of aromatic nitrogens is 5. The molecule has 2 aromatic carbocycles. The van der Waals surface area contributed by atoms with Crippen LogP contribution in [-0.2, 0) is 11.3 Å². The lowest BCUT2D eigenvalue weighted by molar-refractivity contribution is 0.0474. The molecule has 5 rings (SSSR count). The second-order valence-electron chi connectivity index (χ2n) is 8.10. The molecule has 3 heterocycles. The van der Waals surface area contributed by atoms with Crippen LogP contribution in [0.4, 0.5) is 22.1 Å². The van der Waals surface area contributed by atoms with Gasteiger partial charge in [0.2, 0.25) is 0 Å². The van der Waals surface area contributed by atoms with E-state index in [2.05, 4.69) is 30.9 Å². The van der Waals surface area contributed by atoms with Crippen LogP contribution in [0.1, 0.15) is 21.6 Å². The molecule has 11 heteroatoms. The first-order valence-corrected chi connectivity index (χ1v) is 11.3. The molecule has 0 saturated heterocycles. The van der Waals surface area contributed by atoms with Crippen molar-refractivity contribution in [1.29, 1.82) is 0 Å². The highest BCUT2D eigenvalue weighted by Crippen LogP contribution is 2.20. The van der Waals surface area contributed by atoms with Gasteiger partial charge in [-0.2, -0.15) is 9.61 Å². The van der Waals surface area contributed by atoms with Gasteiger partial charge in [0, 0.05) is 29.1 Å². The first kappa shape index (κ1) is 23.4. The number of nitrogens with zero attached hydrogens (tertiary/aromatic N) is 5. The number of nitrogens with one attached hydrogen (secondary N) is 2. The molecule has 2 amide bonds. The minimum atomic E-state index is -0.659. The summed E-state index contributed by atoms with van der Waals surface area (Å²) in [5.74, 6) is -0.241. The fourth-order valence-electron chi connectivity index (χ4n) is 3.64. The number of anilines is 3. The molecule has 0 aliphatic carbocycles. The van der Waals surface area contributed by atoms with Crippen LogP contribution in [0, 0.1) is 6.92 Å². The average molecular weight is 495 g/mol. The fourth-order valence-corrected chi connectivity index (χ4v) is 3.64. The van der Waals surface area contributed by atoms with Crippen LogP contribution in [0.5, 0.6) is 0 Å². The molecule has 0 atom stereocenters. The Labute approximate surface area is 211 Å².